The number of fused-ring (bicyclic) bond motifs is 1. The molecule has 0 unspecified atom stereocenters. The summed E-state index contributed by atoms with van der Waals surface area (Å²) in [5, 5.41) is 0. The van der Waals surface area contributed by atoms with Gasteiger partial charge >= 0.3 is 0 Å². The Morgan fingerprint density at radius 2 is 1.84 bits per heavy atom. The van der Waals surface area contributed by atoms with Gasteiger partial charge in [-0.2, -0.15) is 0 Å². The molecular weight excluding hydrogens is 338 g/mol. The van der Waals surface area contributed by atoms with E-state index in [-0.39, 0.29) is 11.8 Å². The monoisotopic (exact) mass is 357 g/mol. The molecule has 0 N–H and O–H groups in total. The maximum absolute atomic E-state index is 12.2. The zero-order valence-corrected chi connectivity index (χ0v) is 14.6. The van der Waals surface area contributed by atoms with Crippen LogP contribution in [-0.2, 0) is 4.79 Å². The molecule has 2 aromatic rings. The summed E-state index contributed by atoms with van der Waals surface area (Å²) >= 11 is 5.78. The minimum absolute atomic E-state index is 0.0587. The Morgan fingerprint density at radius 3 is 2.60 bits per heavy atom. The highest BCUT2D eigenvalue weighted by Gasteiger charge is 2.18. The number of carbonyl (C=O) groups is 1. The van der Waals surface area contributed by atoms with E-state index in [1.165, 1.54) is 0 Å². The number of amides is 1. The first-order chi connectivity index (χ1) is 12.3. The normalized spacial score (nSPS) is 13.0. The van der Waals surface area contributed by atoms with Crippen molar-refractivity contribution < 1.29 is 14.3 Å². The van der Waals surface area contributed by atoms with E-state index in [0.717, 1.165) is 17.7 Å². The molecule has 2 aromatic carbocycles. The maximum atomic E-state index is 12.2. The number of benzene rings is 2. The average Bonchev–Trinajstić information content (AvgIpc) is 2.68. The number of hydrogen-bond donors (Lipinski definition) is 0. The zero-order chi connectivity index (χ0) is 17.5. The van der Waals surface area contributed by atoms with Crippen LogP contribution in [0.5, 0.6) is 11.5 Å². The van der Waals surface area contributed by atoms with Gasteiger partial charge in [-0.25, -0.2) is 0 Å². The van der Waals surface area contributed by atoms with Crippen LogP contribution in [0.2, 0.25) is 0 Å². The molecule has 1 amide bonds. The fourth-order valence-corrected chi connectivity index (χ4v) is 2.80. The Labute approximate surface area is 152 Å². The molecule has 0 spiro atoms. The van der Waals surface area contributed by atoms with E-state index in [9.17, 15) is 4.79 Å². The van der Waals surface area contributed by atoms with Crippen molar-refractivity contribution in [1.29, 1.82) is 0 Å². The van der Waals surface area contributed by atoms with Crippen LogP contribution in [-0.4, -0.2) is 31.5 Å². The number of ether oxygens (including phenoxy) is 2. The number of rotatable bonds is 6. The highest BCUT2D eigenvalue weighted by molar-refractivity contribution is 6.29. The van der Waals surface area contributed by atoms with Gasteiger partial charge in [-0.05, 0) is 24.1 Å². The van der Waals surface area contributed by atoms with Gasteiger partial charge in [-0.3, -0.25) is 4.79 Å². The standard InChI is InChI=1S/C20H20ClNO3/c21-15-20(23)22(11-5-4-8-16-6-2-1-3-7-16)17-9-10-18-19(14-17)25-13-12-24-18/h1-4,6-10,14H,5,11-13,15H2/b8-4+. The highest BCUT2D eigenvalue weighted by Crippen LogP contribution is 2.34. The van der Waals surface area contributed by atoms with Gasteiger partial charge in [-0.15, -0.1) is 11.6 Å². The zero-order valence-electron chi connectivity index (χ0n) is 13.9. The van der Waals surface area contributed by atoms with Gasteiger partial charge in [0, 0.05) is 18.3 Å². The van der Waals surface area contributed by atoms with Crippen LogP contribution >= 0.6 is 11.6 Å². The van der Waals surface area contributed by atoms with Crippen molar-refractivity contribution in [2.45, 2.75) is 6.42 Å². The lowest BCUT2D eigenvalue weighted by molar-refractivity contribution is -0.116. The topological polar surface area (TPSA) is 38.8 Å². The number of halogens is 1. The van der Waals surface area contributed by atoms with Gasteiger partial charge < -0.3 is 14.4 Å². The lowest BCUT2D eigenvalue weighted by Crippen LogP contribution is -2.32. The highest BCUT2D eigenvalue weighted by atomic mass is 35.5. The SMILES string of the molecule is O=C(CCl)N(CC/C=C/c1ccccc1)c1ccc2c(c1)OCCO2. The molecular formula is C20H20ClNO3. The third kappa shape index (κ3) is 4.54. The Bertz CT molecular complexity index is 746. The molecule has 3 rings (SSSR count). The molecule has 0 aliphatic carbocycles. The molecule has 0 saturated heterocycles. The van der Waals surface area contributed by atoms with Gasteiger partial charge in [0.1, 0.15) is 19.1 Å². The van der Waals surface area contributed by atoms with Gasteiger partial charge in [-0.1, -0.05) is 42.5 Å². The Morgan fingerprint density at radius 1 is 1.08 bits per heavy atom. The lowest BCUT2D eigenvalue weighted by atomic mass is 10.2. The van der Waals surface area contributed by atoms with Gasteiger partial charge in [0.25, 0.3) is 0 Å². The Hall–Kier alpha value is -2.46. The summed E-state index contributed by atoms with van der Waals surface area (Å²) in [5.41, 5.74) is 1.90. The number of hydrogen-bond acceptors (Lipinski definition) is 3. The first-order valence-corrected chi connectivity index (χ1v) is 8.79. The average molecular weight is 358 g/mol. The summed E-state index contributed by atoms with van der Waals surface area (Å²) in [6, 6.07) is 15.6. The molecule has 1 aliphatic heterocycles. The van der Waals surface area contributed by atoms with E-state index in [2.05, 4.69) is 6.08 Å². The number of alkyl halides is 1. The second kappa shape index (κ2) is 8.58. The van der Waals surface area contributed by atoms with Crippen molar-refractivity contribution in [3.63, 3.8) is 0 Å². The van der Waals surface area contributed by atoms with E-state index in [0.29, 0.717) is 31.3 Å². The quantitative estimate of drug-likeness (QED) is 0.729. The predicted octanol–water partition coefficient (Wildman–Crippen LogP) is 4.13. The maximum Gasteiger partial charge on any atom is 0.241 e. The van der Waals surface area contributed by atoms with E-state index in [1.807, 2.05) is 54.6 Å². The molecule has 0 atom stereocenters. The minimum atomic E-state index is -0.133. The van der Waals surface area contributed by atoms with Crippen LogP contribution in [0.3, 0.4) is 0 Å². The largest absolute Gasteiger partial charge is 0.486 e. The number of anilines is 1. The number of carbonyl (C=O) groups excluding carboxylic acids is 1. The van der Waals surface area contributed by atoms with Crippen LogP contribution in [0.15, 0.2) is 54.6 Å². The van der Waals surface area contributed by atoms with Crippen LogP contribution in [0.1, 0.15) is 12.0 Å². The fourth-order valence-electron chi connectivity index (χ4n) is 2.66. The summed E-state index contributed by atoms with van der Waals surface area (Å²) in [5.74, 6) is 1.18. The molecule has 0 saturated carbocycles. The molecule has 0 bridgehead atoms. The second-order valence-corrected chi connectivity index (χ2v) is 5.88. The molecule has 130 valence electrons. The van der Waals surface area contributed by atoms with Crippen LogP contribution in [0.4, 0.5) is 5.69 Å². The van der Waals surface area contributed by atoms with Crippen molar-refractivity contribution in [1.82, 2.24) is 0 Å². The van der Waals surface area contributed by atoms with E-state index >= 15 is 0 Å². The van der Waals surface area contributed by atoms with Crippen LogP contribution in [0, 0.1) is 0 Å². The summed E-state index contributed by atoms with van der Waals surface area (Å²) in [7, 11) is 0. The summed E-state index contributed by atoms with van der Waals surface area (Å²) in [6.07, 6.45) is 4.83. The minimum Gasteiger partial charge on any atom is -0.486 e. The van der Waals surface area contributed by atoms with Gasteiger partial charge in [0.15, 0.2) is 11.5 Å². The first-order valence-electron chi connectivity index (χ1n) is 8.25. The molecule has 5 heteroatoms. The smallest absolute Gasteiger partial charge is 0.241 e. The molecule has 4 nitrogen and oxygen atoms in total. The molecule has 0 radical (unpaired) electrons. The first kappa shape index (κ1) is 17.4. The summed E-state index contributed by atoms with van der Waals surface area (Å²) in [4.78, 5) is 13.9. The van der Waals surface area contributed by atoms with E-state index in [4.69, 9.17) is 21.1 Å². The van der Waals surface area contributed by atoms with Crippen molar-refractivity contribution in [3.8, 4) is 11.5 Å². The van der Waals surface area contributed by atoms with Crippen molar-refractivity contribution in [2.75, 3.05) is 30.5 Å². The van der Waals surface area contributed by atoms with Crippen molar-refractivity contribution in [2.24, 2.45) is 0 Å². The molecule has 0 fully saturated rings. The van der Waals surface area contributed by atoms with Gasteiger partial charge in [0.05, 0.1) is 0 Å². The molecule has 1 heterocycles. The third-order valence-electron chi connectivity index (χ3n) is 3.88. The summed E-state index contributed by atoms with van der Waals surface area (Å²) < 4.78 is 11.1. The fraction of sp³-hybridized carbons (Fsp3) is 0.250. The summed E-state index contributed by atoms with van der Waals surface area (Å²) in [6.45, 7) is 1.61. The van der Waals surface area contributed by atoms with Crippen LogP contribution in [0.25, 0.3) is 6.08 Å². The molecule has 25 heavy (non-hydrogen) atoms. The Balaban J connectivity index is 1.69. The van der Waals surface area contributed by atoms with E-state index in [1.54, 1.807) is 4.90 Å². The third-order valence-corrected chi connectivity index (χ3v) is 4.11. The van der Waals surface area contributed by atoms with Crippen molar-refractivity contribution in [3.05, 3.63) is 60.2 Å². The Kier molecular flexibility index (Phi) is 5.96. The van der Waals surface area contributed by atoms with Crippen LogP contribution < -0.4 is 14.4 Å². The van der Waals surface area contributed by atoms with Crippen molar-refractivity contribution >= 4 is 29.3 Å². The second-order valence-electron chi connectivity index (χ2n) is 5.61. The number of nitrogens with zero attached hydrogens (tertiary/aromatic N) is 1. The molecule has 0 aromatic heterocycles. The molecule has 1 aliphatic rings. The lowest BCUT2D eigenvalue weighted by Gasteiger charge is -2.24. The van der Waals surface area contributed by atoms with Gasteiger partial charge in [0.2, 0.25) is 5.91 Å². The predicted molar refractivity (Wildman–Crippen MR) is 101 cm³/mol. The van der Waals surface area contributed by atoms with E-state index < -0.39 is 0 Å².